The average molecular weight is 657 g/mol. The van der Waals surface area contributed by atoms with Crippen LogP contribution in [0, 0.1) is 47.3 Å². The molecule has 46 heavy (non-hydrogen) atoms. The predicted octanol–water partition coefficient (Wildman–Crippen LogP) is 6.32. The van der Waals surface area contributed by atoms with Gasteiger partial charge in [0.15, 0.2) is 23.3 Å². The molecule has 1 saturated heterocycles. The molecule has 0 radical (unpaired) electrons. The number of carbonyl (C=O) groups excluding carboxylic acids is 1. The Morgan fingerprint density at radius 2 is 1.74 bits per heavy atom. The second-order valence-corrected chi connectivity index (χ2v) is 11.6. The number of hydrogen-bond donors (Lipinski definition) is 0. The molecule has 8 nitrogen and oxygen atoms in total. The molecule has 0 saturated carbocycles. The summed E-state index contributed by atoms with van der Waals surface area (Å²) in [5.74, 6) is -11.6. The molecule has 0 aliphatic carbocycles. The number of amides is 1. The lowest BCUT2D eigenvalue weighted by Gasteiger charge is -2.41. The number of hydrogen-bond acceptors (Lipinski definition) is 6. The zero-order chi connectivity index (χ0) is 33.8. The van der Waals surface area contributed by atoms with E-state index in [4.69, 9.17) is 11.6 Å². The molecule has 4 aromatic rings. The lowest BCUT2D eigenvalue weighted by atomic mass is 10.0. The molecule has 1 aromatic carbocycles. The summed E-state index contributed by atoms with van der Waals surface area (Å²) in [6.07, 6.45) is 2.70. The van der Waals surface area contributed by atoms with Gasteiger partial charge in [-0.1, -0.05) is 32.0 Å². The number of aromatic nitrogens is 3. The second kappa shape index (κ2) is 12.2. The van der Waals surface area contributed by atoms with E-state index in [0.29, 0.717) is 11.3 Å². The zero-order valence-corrected chi connectivity index (χ0v) is 25.8. The monoisotopic (exact) mass is 656 g/mol. The van der Waals surface area contributed by atoms with Crippen molar-refractivity contribution in [3.8, 4) is 23.0 Å². The van der Waals surface area contributed by atoms with Crippen molar-refractivity contribution >= 4 is 34.2 Å². The van der Waals surface area contributed by atoms with Crippen molar-refractivity contribution in [3.05, 3.63) is 92.3 Å². The van der Waals surface area contributed by atoms with Gasteiger partial charge in [-0.05, 0) is 43.5 Å². The SMILES string of the molecule is C=CC(=O)N1CCN(c2c(C#N)c(=O)n(-c3c(C)ccnc3C(C)C)c3nc(-c4c(F)c(F)c(F)c(F)c4F)c(Cl)cc23)C[C@H]1C. The maximum absolute atomic E-state index is 15.1. The summed E-state index contributed by atoms with van der Waals surface area (Å²) in [6.45, 7) is 11.1. The summed E-state index contributed by atoms with van der Waals surface area (Å²) < 4.78 is 73.8. The smallest absolute Gasteiger partial charge is 0.276 e. The highest BCUT2D eigenvalue weighted by atomic mass is 35.5. The minimum atomic E-state index is -2.36. The van der Waals surface area contributed by atoms with Gasteiger partial charge in [0.25, 0.3) is 5.56 Å². The Balaban J connectivity index is 1.94. The third-order valence-electron chi connectivity index (χ3n) is 7.96. The van der Waals surface area contributed by atoms with E-state index in [1.165, 1.54) is 18.3 Å². The number of benzene rings is 1. The largest absolute Gasteiger partial charge is 0.366 e. The van der Waals surface area contributed by atoms with Crippen LogP contribution in [0.3, 0.4) is 0 Å². The molecule has 3 aromatic heterocycles. The van der Waals surface area contributed by atoms with Crippen LogP contribution in [0.4, 0.5) is 27.6 Å². The number of carbonyl (C=O) groups is 1. The van der Waals surface area contributed by atoms with Crippen LogP contribution in [0.1, 0.15) is 43.5 Å². The predicted molar refractivity (Wildman–Crippen MR) is 162 cm³/mol. The first kappa shape index (κ1) is 32.6. The van der Waals surface area contributed by atoms with Crippen molar-refractivity contribution in [1.29, 1.82) is 5.26 Å². The summed E-state index contributed by atoms with van der Waals surface area (Å²) in [4.78, 5) is 38.7. The van der Waals surface area contributed by atoms with Crippen molar-refractivity contribution < 1.29 is 26.7 Å². The molecule has 5 rings (SSSR count). The molecule has 4 heterocycles. The quantitative estimate of drug-likeness (QED) is 0.108. The summed E-state index contributed by atoms with van der Waals surface area (Å²) >= 11 is 6.50. The molecule has 0 N–H and O–H groups in total. The van der Waals surface area contributed by atoms with Crippen LogP contribution in [0.2, 0.25) is 5.02 Å². The van der Waals surface area contributed by atoms with E-state index >= 15 is 8.78 Å². The topological polar surface area (TPSA) is 95.1 Å². The Hall–Kier alpha value is -4.83. The first-order chi connectivity index (χ1) is 21.7. The van der Waals surface area contributed by atoms with Gasteiger partial charge >= 0.3 is 0 Å². The fourth-order valence-corrected chi connectivity index (χ4v) is 6.03. The Bertz CT molecular complexity index is 2030. The Morgan fingerprint density at radius 1 is 1.11 bits per heavy atom. The maximum Gasteiger partial charge on any atom is 0.276 e. The maximum atomic E-state index is 15.1. The Morgan fingerprint density at radius 3 is 2.30 bits per heavy atom. The lowest BCUT2D eigenvalue weighted by molar-refractivity contribution is -0.128. The van der Waals surface area contributed by atoms with Gasteiger partial charge in [-0.25, -0.2) is 26.9 Å². The van der Waals surface area contributed by atoms with Crippen LogP contribution >= 0.6 is 11.6 Å². The van der Waals surface area contributed by atoms with Crippen molar-refractivity contribution in [1.82, 2.24) is 19.4 Å². The summed E-state index contributed by atoms with van der Waals surface area (Å²) in [7, 11) is 0. The van der Waals surface area contributed by atoms with E-state index in [1.54, 1.807) is 29.7 Å². The van der Waals surface area contributed by atoms with Gasteiger partial charge in [-0.3, -0.25) is 19.1 Å². The highest BCUT2D eigenvalue weighted by molar-refractivity contribution is 6.34. The van der Waals surface area contributed by atoms with Crippen LogP contribution in [-0.4, -0.2) is 51.0 Å². The Kier molecular flexibility index (Phi) is 8.61. The van der Waals surface area contributed by atoms with Crippen molar-refractivity contribution in [2.45, 2.75) is 39.7 Å². The molecule has 14 heteroatoms. The van der Waals surface area contributed by atoms with Crippen molar-refractivity contribution in [2.24, 2.45) is 0 Å². The Labute approximate surface area is 265 Å². The molecule has 0 unspecified atom stereocenters. The fraction of sp³-hybridized carbons (Fsp3) is 0.281. The summed E-state index contributed by atoms with van der Waals surface area (Å²) in [5.41, 5.74) is -2.39. The molecular formula is C32H26ClF5N6O2. The van der Waals surface area contributed by atoms with Crippen molar-refractivity contribution in [3.63, 3.8) is 0 Å². The number of pyridine rings is 3. The van der Waals surface area contributed by atoms with Gasteiger partial charge in [0, 0.05) is 37.3 Å². The van der Waals surface area contributed by atoms with E-state index in [9.17, 15) is 28.0 Å². The van der Waals surface area contributed by atoms with Crippen LogP contribution in [0.5, 0.6) is 0 Å². The zero-order valence-electron chi connectivity index (χ0n) is 25.1. The van der Waals surface area contributed by atoms with E-state index < -0.39 is 57.0 Å². The van der Waals surface area contributed by atoms with Crippen molar-refractivity contribution in [2.75, 3.05) is 24.5 Å². The molecule has 1 atom stereocenters. The number of anilines is 1. The highest BCUT2D eigenvalue weighted by Gasteiger charge is 2.34. The standard InChI is InChI=1S/C32H26ClF5N6O2/c1-6-20(45)43-10-9-42(13-16(43)5)30-17-11-19(33)28(21-22(34)24(36)26(38)25(37)23(21)35)41-31(17)44(32(46)18(30)12-39)29-15(4)7-8-40-27(29)14(2)3/h6-8,11,14,16H,1,9-10,13H2,2-5H3/t16-/m1/s1. The molecule has 1 aliphatic rings. The van der Waals surface area contributed by atoms with E-state index in [2.05, 4.69) is 16.5 Å². The lowest BCUT2D eigenvalue weighted by Crippen LogP contribution is -2.54. The molecule has 1 fully saturated rings. The van der Waals surface area contributed by atoms with Gasteiger partial charge < -0.3 is 9.80 Å². The van der Waals surface area contributed by atoms with E-state index in [1.807, 2.05) is 19.9 Å². The van der Waals surface area contributed by atoms with Gasteiger partial charge in [-0.15, -0.1) is 0 Å². The third-order valence-corrected chi connectivity index (χ3v) is 8.25. The second-order valence-electron chi connectivity index (χ2n) is 11.2. The van der Waals surface area contributed by atoms with Crippen LogP contribution in [0.25, 0.3) is 28.0 Å². The summed E-state index contributed by atoms with van der Waals surface area (Å²) in [5, 5.41) is 9.94. The number of nitriles is 1. The van der Waals surface area contributed by atoms with Crippen LogP contribution < -0.4 is 10.5 Å². The van der Waals surface area contributed by atoms with Crippen LogP contribution in [0.15, 0.2) is 35.8 Å². The number of halogens is 6. The normalized spacial score (nSPS) is 15.0. The molecule has 0 bridgehead atoms. The first-order valence-corrected chi connectivity index (χ1v) is 14.5. The number of aryl methyl sites for hydroxylation is 1. The van der Waals surface area contributed by atoms with Crippen LogP contribution in [-0.2, 0) is 4.79 Å². The molecular weight excluding hydrogens is 631 g/mol. The first-order valence-electron chi connectivity index (χ1n) is 14.1. The van der Waals surface area contributed by atoms with E-state index in [-0.39, 0.29) is 59.4 Å². The fourth-order valence-electron chi connectivity index (χ4n) is 5.78. The number of rotatable bonds is 5. The molecule has 1 aliphatic heterocycles. The van der Waals surface area contributed by atoms with Gasteiger partial charge in [0.2, 0.25) is 11.7 Å². The molecule has 0 spiro atoms. The summed E-state index contributed by atoms with van der Waals surface area (Å²) in [6, 6.07) is 4.36. The number of fused-ring (bicyclic) bond motifs is 1. The third kappa shape index (κ3) is 5.06. The van der Waals surface area contributed by atoms with Gasteiger partial charge in [-0.2, -0.15) is 5.26 Å². The number of nitrogens with zero attached hydrogens (tertiary/aromatic N) is 6. The minimum absolute atomic E-state index is 0.0855. The molecule has 1 amide bonds. The number of piperazine rings is 1. The molecule has 238 valence electrons. The van der Waals surface area contributed by atoms with Gasteiger partial charge in [0.05, 0.1) is 33.3 Å². The average Bonchev–Trinajstić information content (AvgIpc) is 3.02. The highest BCUT2D eigenvalue weighted by Crippen LogP contribution is 2.40. The minimum Gasteiger partial charge on any atom is -0.366 e. The van der Waals surface area contributed by atoms with E-state index in [0.717, 1.165) is 4.57 Å². The van der Waals surface area contributed by atoms with Gasteiger partial charge in [0.1, 0.15) is 17.3 Å².